The summed E-state index contributed by atoms with van der Waals surface area (Å²) >= 11 is 6.18. The van der Waals surface area contributed by atoms with Crippen LogP contribution < -0.4 is 11.3 Å². The summed E-state index contributed by atoms with van der Waals surface area (Å²) in [4.78, 5) is 28.8. The quantitative estimate of drug-likeness (QED) is 0.738. The lowest BCUT2D eigenvalue weighted by Crippen LogP contribution is -2.29. The number of rotatable bonds is 6. The van der Waals surface area contributed by atoms with Gasteiger partial charge in [-0.3, -0.25) is 9.36 Å². The zero-order valence-electron chi connectivity index (χ0n) is 16.5. The van der Waals surface area contributed by atoms with Gasteiger partial charge >= 0.3 is 6.09 Å². The zero-order valence-corrected chi connectivity index (χ0v) is 17.2. The summed E-state index contributed by atoms with van der Waals surface area (Å²) in [6.07, 6.45) is 1.42. The monoisotopic (exact) mass is 439 g/mol. The summed E-state index contributed by atoms with van der Waals surface area (Å²) in [5, 5.41) is 0.102. The van der Waals surface area contributed by atoms with Crippen molar-refractivity contribution in [3.05, 3.63) is 39.2 Å². The van der Waals surface area contributed by atoms with E-state index in [0.717, 1.165) is 25.3 Å². The standard InChI is InChI=1S/C20H23ClFN3O5/c1-10(30-20(23)27)18-24-17-13(22)6-5-12(21)16(17)19(26)25(18)14-8-11(14)9-29-15-4-2-3-7-28-15/h5-6,10-11,14-15H,2-4,7-9H2,1H3,(H2,23,27). The minimum Gasteiger partial charge on any atom is -0.439 e. The van der Waals surface area contributed by atoms with Crippen molar-refractivity contribution in [3.8, 4) is 0 Å². The molecule has 2 aliphatic rings. The number of hydrogen-bond donors (Lipinski definition) is 1. The van der Waals surface area contributed by atoms with Crippen LogP contribution in [0.25, 0.3) is 10.9 Å². The van der Waals surface area contributed by atoms with Crippen LogP contribution in [-0.4, -0.2) is 35.1 Å². The molecule has 1 saturated heterocycles. The molecule has 1 aliphatic heterocycles. The van der Waals surface area contributed by atoms with Crippen LogP contribution in [0.5, 0.6) is 0 Å². The lowest BCUT2D eigenvalue weighted by molar-refractivity contribution is -0.165. The molecule has 1 aromatic carbocycles. The number of fused-ring (bicyclic) bond motifs is 1. The molecule has 4 rings (SSSR count). The molecule has 1 aliphatic carbocycles. The van der Waals surface area contributed by atoms with Crippen molar-refractivity contribution in [1.29, 1.82) is 0 Å². The van der Waals surface area contributed by atoms with Crippen molar-refractivity contribution in [1.82, 2.24) is 9.55 Å². The third kappa shape index (κ3) is 4.14. The van der Waals surface area contributed by atoms with E-state index in [-0.39, 0.29) is 40.0 Å². The third-order valence-corrected chi connectivity index (χ3v) is 5.81. The highest BCUT2D eigenvalue weighted by molar-refractivity contribution is 6.35. The lowest BCUT2D eigenvalue weighted by atomic mass is 10.2. The molecule has 0 bridgehead atoms. The Morgan fingerprint density at radius 3 is 2.97 bits per heavy atom. The van der Waals surface area contributed by atoms with Crippen molar-refractivity contribution in [2.24, 2.45) is 11.7 Å². The summed E-state index contributed by atoms with van der Waals surface area (Å²) in [6.45, 7) is 2.63. The van der Waals surface area contributed by atoms with Crippen LogP contribution in [0.1, 0.15) is 50.6 Å². The van der Waals surface area contributed by atoms with E-state index in [4.69, 9.17) is 31.5 Å². The first-order valence-electron chi connectivity index (χ1n) is 9.96. The maximum atomic E-state index is 14.4. The van der Waals surface area contributed by atoms with Gasteiger partial charge in [0, 0.05) is 18.6 Å². The Hall–Kier alpha value is -2.23. The van der Waals surface area contributed by atoms with Crippen LogP contribution in [0.4, 0.5) is 9.18 Å². The van der Waals surface area contributed by atoms with Crippen LogP contribution in [0.15, 0.2) is 16.9 Å². The fourth-order valence-corrected chi connectivity index (χ4v) is 4.11. The number of nitrogens with two attached hydrogens (primary N) is 1. The van der Waals surface area contributed by atoms with Gasteiger partial charge in [-0.15, -0.1) is 0 Å². The van der Waals surface area contributed by atoms with Crippen molar-refractivity contribution in [2.45, 2.75) is 51.0 Å². The molecule has 1 aromatic heterocycles. The molecule has 2 N–H and O–H groups in total. The average molecular weight is 440 g/mol. The largest absolute Gasteiger partial charge is 0.439 e. The highest BCUT2D eigenvalue weighted by Gasteiger charge is 2.43. The molecule has 10 heteroatoms. The van der Waals surface area contributed by atoms with Gasteiger partial charge < -0.3 is 19.9 Å². The lowest BCUT2D eigenvalue weighted by Gasteiger charge is -2.23. The van der Waals surface area contributed by atoms with Gasteiger partial charge in [0.1, 0.15) is 11.3 Å². The first kappa shape index (κ1) is 21.0. The van der Waals surface area contributed by atoms with Gasteiger partial charge in [-0.25, -0.2) is 14.2 Å². The molecule has 162 valence electrons. The first-order chi connectivity index (χ1) is 14.4. The highest BCUT2D eigenvalue weighted by atomic mass is 35.5. The molecule has 0 radical (unpaired) electrons. The molecule has 4 atom stereocenters. The smallest absolute Gasteiger partial charge is 0.405 e. The Balaban J connectivity index is 1.67. The molecule has 2 heterocycles. The number of benzene rings is 1. The third-order valence-electron chi connectivity index (χ3n) is 5.49. The second-order valence-corrected chi connectivity index (χ2v) is 8.08. The van der Waals surface area contributed by atoms with Gasteiger partial charge in [-0.05, 0) is 44.7 Å². The minimum absolute atomic E-state index is 0.00567. The molecule has 4 unspecified atom stereocenters. The van der Waals surface area contributed by atoms with Gasteiger partial charge in [-0.2, -0.15) is 0 Å². The summed E-state index contributed by atoms with van der Waals surface area (Å²) in [5.74, 6) is -0.510. The molecule has 2 fully saturated rings. The second-order valence-electron chi connectivity index (χ2n) is 7.67. The molecule has 1 saturated carbocycles. The number of halogens is 2. The van der Waals surface area contributed by atoms with Crippen molar-refractivity contribution in [2.75, 3.05) is 13.2 Å². The van der Waals surface area contributed by atoms with E-state index in [9.17, 15) is 14.0 Å². The number of hydrogen-bond acceptors (Lipinski definition) is 6. The van der Waals surface area contributed by atoms with Crippen molar-refractivity contribution < 1.29 is 23.4 Å². The molecule has 30 heavy (non-hydrogen) atoms. The van der Waals surface area contributed by atoms with Gasteiger partial charge in [-0.1, -0.05) is 11.6 Å². The Morgan fingerprint density at radius 2 is 2.27 bits per heavy atom. The number of carbonyl (C=O) groups excluding carboxylic acids is 1. The number of ether oxygens (including phenoxy) is 3. The van der Waals surface area contributed by atoms with E-state index in [1.807, 2.05) is 0 Å². The van der Waals surface area contributed by atoms with Crippen LogP contribution in [0.3, 0.4) is 0 Å². The van der Waals surface area contributed by atoms with Crippen LogP contribution >= 0.6 is 11.6 Å². The molecule has 2 aromatic rings. The van der Waals surface area contributed by atoms with E-state index in [2.05, 4.69) is 4.98 Å². The molecule has 1 amide bonds. The maximum absolute atomic E-state index is 14.4. The van der Waals surface area contributed by atoms with Crippen LogP contribution in [0, 0.1) is 11.7 Å². The van der Waals surface area contributed by atoms with E-state index >= 15 is 0 Å². The SMILES string of the molecule is CC(OC(N)=O)c1nc2c(F)ccc(Cl)c2c(=O)n1C1CC1COC1CCCCO1. The van der Waals surface area contributed by atoms with E-state index in [1.54, 1.807) is 0 Å². The van der Waals surface area contributed by atoms with Crippen LogP contribution in [0.2, 0.25) is 5.02 Å². The molecular weight excluding hydrogens is 417 g/mol. The predicted molar refractivity (Wildman–Crippen MR) is 107 cm³/mol. The average Bonchev–Trinajstić information content (AvgIpc) is 3.48. The minimum atomic E-state index is -1.01. The Labute approximate surface area is 177 Å². The predicted octanol–water partition coefficient (Wildman–Crippen LogP) is 3.45. The molecular formula is C20H23ClFN3O5. The van der Waals surface area contributed by atoms with E-state index in [1.165, 1.54) is 17.6 Å². The highest BCUT2D eigenvalue weighted by Crippen LogP contribution is 2.44. The number of nitrogens with zero attached hydrogens (tertiary/aromatic N) is 2. The van der Waals surface area contributed by atoms with Crippen LogP contribution in [-0.2, 0) is 14.2 Å². The number of carbonyl (C=O) groups is 1. The van der Waals surface area contributed by atoms with Gasteiger partial charge in [0.2, 0.25) is 0 Å². The summed E-state index contributed by atoms with van der Waals surface area (Å²) in [7, 11) is 0. The fraction of sp³-hybridized carbons (Fsp3) is 0.550. The van der Waals surface area contributed by atoms with E-state index in [0.29, 0.717) is 19.6 Å². The zero-order chi connectivity index (χ0) is 21.4. The Kier molecular flexibility index (Phi) is 5.95. The van der Waals surface area contributed by atoms with Crippen molar-refractivity contribution in [3.63, 3.8) is 0 Å². The van der Waals surface area contributed by atoms with Gasteiger partial charge in [0.25, 0.3) is 5.56 Å². The normalized spacial score (nSPS) is 24.6. The second kappa shape index (κ2) is 8.49. The summed E-state index contributed by atoms with van der Waals surface area (Å²) < 4.78 is 32.2. The number of aromatic nitrogens is 2. The summed E-state index contributed by atoms with van der Waals surface area (Å²) in [6, 6.07) is 2.23. The molecule has 8 nitrogen and oxygen atoms in total. The van der Waals surface area contributed by atoms with Crippen molar-refractivity contribution >= 4 is 28.6 Å². The first-order valence-corrected chi connectivity index (χ1v) is 10.3. The fourth-order valence-electron chi connectivity index (χ4n) is 3.88. The number of amides is 1. The summed E-state index contributed by atoms with van der Waals surface area (Å²) in [5.41, 5.74) is 4.48. The van der Waals surface area contributed by atoms with Gasteiger partial charge in [0.15, 0.2) is 18.2 Å². The number of primary amides is 1. The molecule has 0 spiro atoms. The Bertz CT molecular complexity index is 1020. The maximum Gasteiger partial charge on any atom is 0.405 e. The topological polar surface area (TPSA) is 106 Å². The van der Waals surface area contributed by atoms with E-state index < -0.39 is 23.6 Å². The van der Waals surface area contributed by atoms with Gasteiger partial charge in [0.05, 0.1) is 17.0 Å². The Morgan fingerprint density at radius 1 is 1.47 bits per heavy atom.